The standard InChI is InChI=1S/C18H28N4O2/c23-17(19-13-7-10-24-11-8-13)12-22-9-3-6-16(22)18-20-14-4-1-2-5-15(14)21-18/h13,16H,1-12H2,(H,19,23)(H,20,21). The van der Waals surface area contributed by atoms with Crippen molar-refractivity contribution in [3.8, 4) is 0 Å². The van der Waals surface area contributed by atoms with Crippen molar-refractivity contribution in [1.82, 2.24) is 20.2 Å². The zero-order valence-corrected chi connectivity index (χ0v) is 14.4. The largest absolute Gasteiger partial charge is 0.381 e. The molecule has 0 spiro atoms. The molecule has 0 radical (unpaired) electrons. The van der Waals surface area contributed by atoms with Gasteiger partial charge in [0, 0.05) is 24.9 Å². The molecule has 6 nitrogen and oxygen atoms in total. The number of nitrogens with zero attached hydrogens (tertiary/aromatic N) is 2. The van der Waals surface area contributed by atoms with E-state index in [0.29, 0.717) is 6.54 Å². The molecule has 2 saturated heterocycles. The minimum absolute atomic E-state index is 0.144. The number of aromatic amines is 1. The van der Waals surface area contributed by atoms with Crippen LogP contribution in [0.25, 0.3) is 0 Å². The molecule has 3 heterocycles. The van der Waals surface area contributed by atoms with Gasteiger partial charge in [0.25, 0.3) is 0 Å². The highest BCUT2D eigenvalue weighted by atomic mass is 16.5. The predicted octanol–water partition coefficient (Wildman–Crippen LogP) is 1.72. The summed E-state index contributed by atoms with van der Waals surface area (Å²) in [6.45, 7) is 2.98. The van der Waals surface area contributed by atoms with Crippen LogP contribution in [0.1, 0.15) is 61.8 Å². The number of ether oxygens (including phenoxy) is 1. The zero-order chi connectivity index (χ0) is 16.4. The average molecular weight is 332 g/mol. The minimum atomic E-state index is 0.144. The average Bonchev–Trinajstić information content (AvgIpc) is 3.21. The van der Waals surface area contributed by atoms with Crippen molar-refractivity contribution in [2.45, 2.75) is 63.5 Å². The summed E-state index contributed by atoms with van der Waals surface area (Å²) < 4.78 is 5.36. The Morgan fingerprint density at radius 1 is 1.21 bits per heavy atom. The molecule has 3 aliphatic rings. The fourth-order valence-electron chi connectivity index (χ4n) is 4.26. The van der Waals surface area contributed by atoms with E-state index in [0.717, 1.165) is 64.1 Å². The number of imidazole rings is 1. The zero-order valence-electron chi connectivity index (χ0n) is 14.4. The van der Waals surface area contributed by atoms with Gasteiger partial charge >= 0.3 is 0 Å². The van der Waals surface area contributed by atoms with Crippen LogP contribution < -0.4 is 5.32 Å². The number of carbonyl (C=O) groups is 1. The Morgan fingerprint density at radius 3 is 2.88 bits per heavy atom. The maximum atomic E-state index is 12.4. The van der Waals surface area contributed by atoms with Crippen LogP contribution >= 0.6 is 0 Å². The molecular weight excluding hydrogens is 304 g/mol. The number of carbonyl (C=O) groups excluding carboxylic acids is 1. The molecule has 1 aliphatic carbocycles. The molecule has 132 valence electrons. The minimum Gasteiger partial charge on any atom is -0.381 e. The third-order valence-corrected chi connectivity index (χ3v) is 5.59. The first-order chi connectivity index (χ1) is 11.8. The third kappa shape index (κ3) is 3.49. The van der Waals surface area contributed by atoms with E-state index in [1.807, 2.05) is 0 Å². The smallest absolute Gasteiger partial charge is 0.234 e. The van der Waals surface area contributed by atoms with E-state index in [1.165, 1.54) is 24.2 Å². The quantitative estimate of drug-likeness (QED) is 0.881. The predicted molar refractivity (Wildman–Crippen MR) is 90.8 cm³/mol. The lowest BCUT2D eigenvalue weighted by Gasteiger charge is -2.26. The van der Waals surface area contributed by atoms with E-state index in [1.54, 1.807) is 0 Å². The summed E-state index contributed by atoms with van der Waals surface area (Å²) in [4.78, 5) is 23.1. The highest BCUT2D eigenvalue weighted by Crippen LogP contribution is 2.31. The molecule has 1 amide bonds. The number of rotatable bonds is 4. The number of fused-ring (bicyclic) bond motifs is 1. The van der Waals surface area contributed by atoms with Gasteiger partial charge in [-0.1, -0.05) is 0 Å². The molecular formula is C18H28N4O2. The first kappa shape index (κ1) is 16.1. The molecule has 6 heteroatoms. The summed E-state index contributed by atoms with van der Waals surface area (Å²) in [5, 5.41) is 3.18. The fraction of sp³-hybridized carbons (Fsp3) is 0.778. The van der Waals surface area contributed by atoms with Gasteiger partial charge in [-0.25, -0.2) is 4.98 Å². The van der Waals surface area contributed by atoms with Gasteiger partial charge in [-0.15, -0.1) is 0 Å². The Bertz CT molecular complexity index is 556. The summed E-state index contributed by atoms with van der Waals surface area (Å²) in [7, 11) is 0. The van der Waals surface area contributed by atoms with Crippen LogP contribution in [-0.2, 0) is 22.4 Å². The Kier molecular flexibility index (Phi) is 4.85. The van der Waals surface area contributed by atoms with Crippen LogP contribution in [0.3, 0.4) is 0 Å². The molecule has 0 saturated carbocycles. The first-order valence-electron chi connectivity index (χ1n) is 9.48. The van der Waals surface area contributed by atoms with Gasteiger partial charge in [-0.05, 0) is 57.9 Å². The third-order valence-electron chi connectivity index (χ3n) is 5.59. The second-order valence-corrected chi connectivity index (χ2v) is 7.34. The number of hydrogen-bond donors (Lipinski definition) is 2. The lowest BCUT2D eigenvalue weighted by atomic mass is 10.0. The van der Waals surface area contributed by atoms with Crippen molar-refractivity contribution in [1.29, 1.82) is 0 Å². The van der Waals surface area contributed by atoms with Gasteiger partial charge in [-0.3, -0.25) is 9.69 Å². The maximum absolute atomic E-state index is 12.4. The first-order valence-corrected chi connectivity index (χ1v) is 9.48. The normalized spacial score (nSPS) is 25.6. The van der Waals surface area contributed by atoms with E-state index in [4.69, 9.17) is 9.72 Å². The second-order valence-electron chi connectivity index (χ2n) is 7.34. The molecule has 0 aromatic carbocycles. The number of likely N-dealkylation sites (tertiary alicyclic amines) is 1. The second kappa shape index (κ2) is 7.23. The molecule has 4 rings (SSSR count). The fourth-order valence-corrected chi connectivity index (χ4v) is 4.26. The van der Waals surface area contributed by atoms with Crippen molar-refractivity contribution >= 4 is 5.91 Å². The number of amides is 1. The van der Waals surface area contributed by atoms with E-state index in [9.17, 15) is 4.79 Å². The van der Waals surface area contributed by atoms with Gasteiger partial charge in [0.2, 0.25) is 5.91 Å². The summed E-state index contributed by atoms with van der Waals surface area (Å²) in [6, 6.07) is 0.555. The molecule has 24 heavy (non-hydrogen) atoms. The van der Waals surface area contributed by atoms with Crippen LogP contribution in [0.4, 0.5) is 0 Å². The Hall–Kier alpha value is -1.40. The molecule has 0 bridgehead atoms. The van der Waals surface area contributed by atoms with Crippen LogP contribution in [0.5, 0.6) is 0 Å². The monoisotopic (exact) mass is 332 g/mol. The van der Waals surface area contributed by atoms with Crippen molar-refractivity contribution < 1.29 is 9.53 Å². The van der Waals surface area contributed by atoms with Crippen LogP contribution in [0.15, 0.2) is 0 Å². The number of aromatic nitrogens is 2. The number of aryl methyl sites for hydroxylation is 2. The Morgan fingerprint density at radius 2 is 2.04 bits per heavy atom. The van der Waals surface area contributed by atoms with Crippen molar-refractivity contribution in [2.24, 2.45) is 0 Å². The van der Waals surface area contributed by atoms with Crippen LogP contribution in [-0.4, -0.2) is 53.1 Å². The van der Waals surface area contributed by atoms with Crippen molar-refractivity contribution in [2.75, 3.05) is 26.3 Å². The van der Waals surface area contributed by atoms with E-state index < -0.39 is 0 Å². The summed E-state index contributed by atoms with van der Waals surface area (Å²) in [5.41, 5.74) is 2.59. The molecule has 2 N–H and O–H groups in total. The van der Waals surface area contributed by atoms with E-state index in [-0.39, 0.29) is 18.0 Å². The van der Waals surface area contributed by atoms with Gasteiger partial charge in [-0.2, -0.15) is 0 Å². The highest BCUT2D eigenvalue weighted by molar-refractivity contribution is 5.78. The molecule has 1 unspecified atom stereocenters. The van der Waals surface area contributed by atoms with Crippen molar-refractivity contribution in [3.63, 3.8) is 0 Å². The summed E-state index contributed by atoms with van der Waals surface area (Å²) in [6.07, 6.45) is 8.83. The van der Waals surface area contributed by atoms with Gasteiger partial charge < -0.3 is 15.0 Å². The van der Waals surface area contributed by atoms with E-state index >= 15 is 0 Å². The number of nitrogens with one attached hydrogen (secondary N) is 2. The lowest BCUT2D eigenvalue weighted by molar-refractivity contribution is -0.123. The van der Waals surface area contributed by atoms with Crippen LogP contribution in [0, 0.1) is 0 Å². The molecule has 2 fully saturated rings. The SMILES string of the molecule is O=C(CN1CCCC1c1nc2c([nH]1)CCCC2)NC1CCOCC1. The lowest BCUT2D eigenvalue weighted by Crippen LogP contribution is -2.44. The molecule has 1 aromatic heterocycles. The number of H-pyrrole nitrogens is 1. The van der Waals surface area contributed by atoms with Crippen molar-refractivity contribution in [3.05, 3.63) is 17.2 Å². The number of hydrogen-bond acceptors (Lipinski definition) is 4. The molecule has 2 aliphatic heterocycles. The summed E-state index contributed by atoms with van der Waals surface area (Å²) in [5.74, 6) is 1.23. The molecule has 1 atom stereocenters. The van der Waals surface area contributed by atoms with Gasteiger partial charge in [0.15, 0.2) is 0 Å². The summed E-state index contributed by atoms with van der Waals surface area (Å²) >= 11 is 0. The van der Waals surface area contributed by atoms with Gasteiger partial charge in [0.1, 0.15) is 5.82 Å². The Balaban J connectivity index is 1.37. The van der Waals surface area contributed by atoms with E-state index in [2.05, 4.69) is 15.2 Å². The highest BCUT2D eigenvalue weighted by Gasteiger charge is 2.31. The van der Waals surface area contributed by atoms with Crippen LogP contribution in [0.2, 0.25) is 0 Å². The molecule has 1 aromatic rings. The maximum Gasteiger partial charge on any atom is 0.234 e. The topological polar surface area (TPSA) is 70.2 Å². The Labute approximate surface area is 143 Å². The van der Waals surface area contributed by atoms with Gasteiger partial charge in [0.05, 0.1) is 18.3 Å².